The van der Waals surface area contributed by atoms with Crippen molar-refractivity contribution in [2.45, 2.75) is 30.1 Å². The van der Waals surface area contributed by atoms with Gasteiger partial charge in [-0.2, -0.15) is 9.61 Å². The number of hydrogen-bond acceptors (Lipinski definition) is 7. The average molecular weight is 432 g/mol. The lowest BCUT2D eigenvalue weighted by molar-refractivity contribution is 0.625. The van der Waals surface area contributed by atoms with Gasteiger partial charge in [-0.05, 0) is 54.6 Å². The van der Waals surface area contributed by atoms with E-state index in [1.807, 2.05) is 18.2 Å². The number of halogens is 1. The molecule has 0 atom stereocenters. The highest BCUT2D eigenvalue weighted by atomic mass is 32.2. The van der Waals surface area contributed by atoms with E-state index in [4.69, 9.17) is 0 Å². The molecule has 0 aliphatic rings. The van der Waals surface area contributed by atoms with Crippen LogP contribution in [0.5, 0.6) is 0 Å². The van der Waals surface area contributed by atoms with Crippen LogP contribution in [0.15, 0.2) is 71.1 Å². The van der Waals surface area contributed by atoms with Crippen LogP contribution in [0.3, 0.4) is 0 Å². The summed E-state index contributed by atoms with van der Waals surface area (Å²) in [5, 5.41) is 23.0. The van der Waals surface area contributed by atoms with Gasteiger partial charge >= 0.3 is 0 Å². The standard InChI is InChI=1S/C21H17FN8S/c1-2-13-29-19(14-9-11-23-12-10-14)25-27-21(29)31-18-8-7-17-24-26-20(30(17)28-18)15-5-3-4-6-16(15)22/h3-12H,2,13H2,1H3. The average Bonchev–Trinajstić information content (AvgIpc) is 3.39. The first kappa shape index (κ1) is 19.3. The number of fused-ring (bicyclic) bond motifs is 1. The summed E-state index contributed by atoms with van der Waals surface area (Å²) in [7, 11) is 0. The van der Waals surface area contributed by atoms with Crippen LogP contribution in [0.25, 0.3) is 28.4 Å². The lowest BCUT2D eigenvalue weighted by Gasteiger charge is -2.08. The Hall–Kier alpha value is -3.66. The first-order chi connectivity index (χ1) is 15.2. The molecule has 0 fully saturated rings. The Balaban J connectivity index is 1.53. The number of nitrogens with zero attached hydrogens (tertiary/aromatic N) is 8. The van der Waals surface area contributed by atoms with Gasteiger partial charge in [-0.1, -0.05) is 19.1 Å². The fourth-order valence-electron chi connectivity index (χ4n) is 3.23. The number of hydrogen-bond donors (Lipinski definition) is 0. The molecule has 4 aromatic heterocycles. The zero-order valence-electron chi connectivity index (χ0n) is 16.6. The molecule has 0 aliphatic carbocycles. The molecule has 0 saturated heterocycles. The summed E-state index contributed by atoms with van der Waals surface area (Å²) in [5.74, 6) is 0.758. The molecule has 0 N–H and O–H groups in total. The van der Waals surface area contributed by atoms with Crippen molar-refractivity contribution in [3.8, 4) is 22.8 Å². The summed E-state index contributed by atoms with van der Waals surface area (Å²) in [4.78, 5) is 4.07. The predicted octanol–water partition coefficient (Wildman–Crippen LogP) is 4.15. The molecule has 0 spiro atoms. The molecular formula is C21H17FN8S. The summed E-state index contributed by atoms with van der Waals surface area (Å²) < 4.78 is 17.9. The molecule has 31 heavy (non-hydrogen) atoms. The van der Waals surface area contributed by atoms with Crippen LogP contribution in [0.4, 0.5) is 4.39 Å². The molecule has 1 aromatic carbocycles. The maximum absolute atomic E-state index is 14.3. The maximum Gasteiger partial charge on any atom is 0.197 e. The van der Waals surface area contributed by atoms with Crippen molar-refractivity contribution in [1.29, 1.82) is 0 Å². The highest BCUT2D eigenvalue weighted by molar-refractivity contribution is 7.99. The van der Waals surface area contributed by atoms with E-state index in [0.29, 0.717) is 22.1 Å². The third-order valence-electron chi connectivity index (χ3n) is 4.65. The minimum atomic E-state index is -0.374. The van der Waals surface area contributed by atoms with Gasteiger partial charge in [-0.25, -0.2) is 4.39 Å². The molecule has 0 radical (unpaired) electrons. The highest BCUT2D eigenvalue weighted by Crippen LogP contribution is 2.29. The summed E-state index contributed by atoms with van der Waals surface area (Å²) in [6.07, 6.45) is 4.40. The van der Waals surface area contributed by atoms with Gasteiger partial charge in [0.05, 0.1) is 5.56 Å². The van der Waals surface area contributed by atoms with Crippen LogP contribution in [0.1, 0.15) is 13.3 Å². The fourth-order valence-corrected chi connectivity index (χ4v) is 4.05. The lowest BCUT2D eigenvalue weighted by atomic mass is 10.2. The second-order valence-electron chi connectivity index (χ2n) is 6.74. The second-order valence-corrected chi connectivity index (χ2v) is 7.73. The van der Waals surface area contributed by atoms with Gasteiger partial charge in [0, 0.05) is 24.5 Å². The third kappa shape index (κ3) is 3.66. The van der Waals surface area contributed by atoms with Crippen molar-refractivity contribution in [2.75, 3.05) is 0 Å². The third-order valence-corrected chi connectivity index (χ3v) is 5.56. The molecule has 5 rings (SSSR count). The molecule has 0 aliphatic heterocycles. The molecule has 0 amide bonds. The Bertz CT molecular complexity index is 1350. The SMILES string of the molecule is CCCn1c(Sc2ccc3nnc(-c4ccccc4F)n3n2)nnc1-c1ccncc1. The Labute approximate surface area is 181 Å². The van der Waals surface area contributed by atoms with E-state index in [1.165, 1.54) is 17.8 Å². The minimum absolute atomic E-state index is 0.346. The monoisotopic (exact) mass is 432 g/mol. The van der Waals surface area contributed by atoms with Crippen molar-refractivity contribution in [3.05, 3.63) is 66.7 Å². The number of aromatic nitrogens is 8. The van der Waals surface area contributed by atoms with Crippen molar-refractivity contribution >= 4 is 17.4 Å². The van der Waals surface area contributed by atoms with Crippen LogP contribution in [-0.4, -0.2) is 39.6 Å². The van der Waals surface area contributed by atoms with E-state index in [-0.39, 0.29) is 5.82 Å². The van der Waals surface area contributed by atoms with Crippen LogP contribution in [0.2, 0.25) is 0 Å². The topological polar surface area (TPSA) is 86.7 Å². The molecule has 0 unspecified atom stereocenters. The Morgan fingerprint density at radius 3 is 2.52 bits per heavy atom. The van der Waals surface area contributed by atoms with E-state index < -0.39 is 0 Å². The largest absolute Gasteiger partial charge is 0.302 e. The predicted molar refractivity (Wildman–Crippen MR) is 114 cm³/mol. The number of rotatable bonds is 6. The van der Waals surface area contributed by atoms with Crippen LogP contribution in [-0.2, 0) is 6.54 Å². The summed E-state index contributed by atoms with van der Waals surface area (Å²) in [6.45, 7) is 2.87. The van der Waals surface area contributed by atoms with Crippen molar-refractivity contribution in [2.24, 2.45) is 0 Å². The maximum atomic E-state index is 14.3. The quantitative estimate of drug-likeness (QED) is 0.398. The molecule has 5 aromatic rings. The summed E-state index contributed by atoms with van der Waals surface area (Å²) >= 11 is 1.39. The number of benzene rings is 1. The van der Waals surface area contributed by atoms with E-state index >= 15 is 0 Å². The Kier molecular flexibility index (Phi) is 5.13. The smallest absolute Gasteiger partial charge is 0.197 e. The molecular weight excluding hydrogens is 415 g/mol. The first-order valence-electron chi connectivity index (χ1n) is 9.73. The van der Waals surface area contributed by atoms with Crippen LogP contribution < -0.4 is 0 Å². The molecule has 154 valence electrons. The lowest BCUT2D eigenvalue weighted by Crippen LogP contribution is -2.03. The van der Waals surface area contributed by atoms with Crippen molar-refractivity contribution in [1.82, 2.24) is 39.6 Å². The van der Waals surface area contributed by atoms with E-state index in [1.54, 1.807) is 41.2 Å². The van der Waals surface area contributed by atoms with E-state index in [0.717, 1.165) is 29.5 Å². The van der Waals surface area contributed by atoms with E-state index in [9.17, 15) is 4.39 Å². The summed E-state index contributed by atoms with van der Waals surface area (Å²) in [5.41, 5.74) is 1.83. The second kappa shape index (κ2) is 8.23. The molecule has 0 saturated carbocycles. The normalized spacial score (nSPS) is 11.3. The molecule has 4 heterocycles. The van der Waals surface area contributed by atoms with Crippen LogP contribution >= 0.6 is 11.8 Å². The summed E-state index contributed by atoms with van der Waals surface area (Å²) in [6, 6.07) is 13.9. The zero-order valence-corrected chi connectivity index (χ0v) is 17.4. The van der Waals surface area contributed by atoms with Gasteiger partial charge in [-0.3, -0.25) is 4.98 Å². The van der Waals surface area contributed by atoms with Gasteiger partial charge in [-0.15, -0.1) is 20.4 Å². The fraction of sp³-hybridized carbons (Fsp3) is 0.143. The number of pyridine rings is 1. The molecule has 8 nitrogen and oxygen atoms in total. The zero-order chi connectivity index (χ0) is 21.2. The van der Waals surface area contributed by atoms with E-state index in [2.05, 4.69) is 42.0 Å². The van der Waals surface area contributed by atoms with Gasteiger partial charge in [0.15, 0.2) is 22.5 Å². The van der Waals surface area contributed by atoms with Gasteiger partial charge in [0.2, 0.25) is 0 Å². The van der Waals surface area contributed by atoms with Crippen molar-refractivity contribution in [3.63, 3.8) is 0 Å². The molecule has 0 bridgehead atoms. The molecule has 10 heteroatoms. The van der Waals surface area contributed by atoms with Crippen molar-refractivity contribution < 1.29 is 4.39 Å². The minimum Gasteiger partial charge on any atom is -0.302 e. The van der Waals surface area contributed by atoms with Gasteiger partial charge in [0.25, 0.3) is 0 Å². The Morgan fingerprint density at radius 1 is 0.903 bits per heavy atom. The highest BCUT2D eigenvalue weighted by Gasteiger charge is 2.17. The van der Waals surface area contributed by atoms with Crippen LogP contribution in [0, 0.1) is 5.82 Å². The first-order valence-corrected chi connectivity index (χ1v) is 10.5. The van der Waals surface area contributed by atoms with Gasteiger partial charge < -0.3 is 4.57 Å². The Morgan fingerprint density at radius 2 is 1.71 bits per heavy atom. The van der Waals surface area contributed by atoms with Gasteiger partial charge in [0.1, 0.15) is 10.8 Å².